The molecular weight excluding hydrogens is 595 g/mol. The van der Waals surface area contributed by atoms with Gasteiger partial charge in [0.15, 0.2) is 0 Å². The number of ether oxygens (including phenoxy) is 1. The molecular formula is C35H36F3N5O3. The van der Waals surface area contributed by atoms with Crippen LogP contribution in [0.5, 0.6) is 5.75 Å². The number of aromatic nitrogens is 2. The van der Waals surface area contributed by atoms with Crippen molar-refractivity contribution in [2.45, 2.75) is 45.5 Å². The summed E-state index contributed by atoms with van der Waals surface area (Å²) in [5.41, 5.74) is 3.72. The summed E-state index contributed by atoms with van der Waals surface area (Å²) in [4.78, 5) is 30.9. The van der Waals surface area contributed by atoms with Crippen LogP contribution >= 0.6 is 0 Å². The second-order valence-electron chi connectivity index (χ2n) is 11.3. The molecule has 8 nitrogen and oxygen atoms in total. The van der Waals surface area contributed by atoms with Gasteiger partial charge in [-0.05, 0) is 41.3 Å². The third-order valence-corrected chi connectivity index (χ3v) is 8.30. The zero-order valence-corrected chi connectivity index (χ0v) is 25.9. The number of rotatable bonds is 10. The van der Waals surface area contributed by atoms with Crippen LogP contribution in [0.25, 0.3) is 11.1 Å². The largest absolute Gasteiger partial charge is 0.495 e. The Kier molecular flexibility index (Phi) is 9.85. The van der Waals surface area contributed by atoms with Gasteiger partial charge in [-0.1, -0.05) is 67.9 Å². The maximum absolute atomic E-state index is 13.8. The number of alkyl halides is 3. The van der Waals surface area contributed by atoms with Crippen molar-refractivity contribution >= 4 is 11.6 Å². The van der Waals surface area contributed by atoms with E-state index >= 15 is 0 Å². The summed E-state index contributed by atoms with van der Waals surface area (Å²) in [6, 6.07) is 24.3. The van der Waals surface area contributed by atoms with E-state index in [-0.39, 0.29) is 24.4 Å². The first-order valence-electron chi connectivity index (χ1n) is 15.3. The molecule has 5 rings (SSSR count). The smallest absolute Gasteiger partial charge is 0.408 e. The van der Waals surface area contributed by atoms with Crippen molar-refractivity contribution in [3.8, 4) is 22.9 Å². The molecule has 1 aromatic heterocycles. The Bertz CT molecular complexity index is 1780. The van der Waals surface area contributed by atoms with E-state index in [1.807, 2.05) is 67.6 Å². The lowest BCUT2D eigenvalue weighted by Gasteiger charge is -2.36. The molecule has 240 valence electrons. The third kappa shape index (κ3) is 7.12. The van der Waals surface area contributed by atoms with E-state index in [1.165, 1.54) is 4.68 Å². The Morgan fingerprint density at radius 1 is 0.935 bits per heavy atom. The Morgan fingerprint density at radius 2 is 1.61 bits per heavy atom. The minimum atomic E-state index is -4.65. The second-order valence-corrected chi connectivity index (χ2v) is 11.3. The molecule has 0 atom stereocenters. The monoisotopic (exact) mass is 631 g/mol. The number of methoxy groups -OCH3 is 1. The number of anilines is 1. The number of hydrogen-bond donors (Lipinski definition) is 0. The lowest BCUT2D eigenvalue weighted by molar-refractivity contribution is -0.147. The molecule has 0 aliphatic carbocycles. The Balaban J connectivity index is 1.40. The topological polar surface area (TPSA) is 83.5 Å². The van der Waals surface area contributed by atoms with Crippen molar-refractivity contribution in [3.05, 3.63) is 106 Å². The number of carbonyl (C=O) groups excluding carboxylic acids is 1. The molecule has 3 aromatic carbocycles. The molecule has 11 heteroatoms. The van der Waals surface area contributed by atoms with E-state index < -0.39 is 18.3 Å². The van der Waals surface area contributed by atoms with E-state index in [1.54, 1.807) is 24.1 Å². The molecule has 0 unspecified atom stereocenters. The van der Waals surface area contributed by atoms with Gasteiger partial charge < -0.3 is 14.5 Å². The molecule has 0 spiro atoms. The number of carbonyl (C=O) groups is 1. The summed E-state index contributed by atoms with van der Waals surface area (Å²) in [6.07, 6.45) is -3.61. The first kappa shape index (κ1) is 32.4. The van der Waals surface area contributed by atoms with Crippen molar-refractivity contribution < 1.29 is 22.7 Å². The van der Waals surface area contributed by atoms with Crippen LogP contribution in [0.2, 0.25) is 0 Å². The molecule has 1 saturated heterocycles. The van der Waals surface area contributed by atoms with Crippen molar-refractivity contribution in [2.75, 3.05) is 38.2 Å². The fourth-order valence-electron chi connectivity index (χ4n) is 6.05. The standard InChI is InChI=1S/C35H36F3N5O3/c1-3-8-30-29(21-25-13-15-26(16-14-25)28-10-5-4-9-27(28)22-39)34(45)43(24-35(36,37)38)42(30)23-33(44)41-19-17-40(18-20-41)31-11-6-7-12-32(31)46-2/h4-7,9-16H,3,8,17-21,23-24H2,1-2H3. The van der Waals surface area contributed by atoms with Crippen LogP contribution in [0, 0.1) is 11.3 Å². The van der Waals surface area contributed by atoms with Crippen LogP contribution in [-0.2, 0) is 30.7 Å². The van der Waals surface area contributed by atoms with Gasteiger partial charge in [-0.15, -0.1) is 0 Å². The average Bonchev–Trinajstić information content (AvgIpc) is 3.28. The number of halogens is 3. The van der Waals surface area contributed by atoms with Crippen LogP contribution in [0.15, 0.2) is 77.6 Å². The summed E-state index contributed by atoms with van der Waals surface area (Å²) in [5, 5.41) is 9.47. The lowest BCUT2D eigenvalue weighted by Crippen LogP contribution is -2.50. The Morgan fingerprint density at radius 3 is 2.26 bits per heavy atom. The SMILES string of the molecule is CCCc1c(Cc2ccc(-c3ccccc3C#N)cc2)c(=O)n(CC(F)(F)F)n1CC(=O)N1CCN(c2ccccc2OC)CC1. The minimum Gasteiger partial charge on any atom is -0.495 e. The zero-order chi connectivity index (χ0) is 32.8. The number of amides is 1. The van der Waals surface area contributed by atoms with Crippen LogP contribution in [0.1, 0.15) is 35.7 Å². The van der Waals surface area contributed by atoms with Crippen molar-refractivity contribution in [2.24, 2.45) is 0 Å². The van der Waals surface area contributed by atoms with Gasteiger partial charge >= 0.3 is 6.18 Å². The van der Waals surface area contributed by atoms with E-state index in [0.717, 1.165) is 28.1 Å². The van der Waals surface area contributed by atoms with Gasteiger partial charge in [-0.25, -0.2) is 4.68 Å². The Labute approximate surface area is 265 Å². The highest BCUT2D eigenvalue weighted by atomic mass is 19.4. The van der Waals surface area contributed by atoms with Gasteiger partial charge in [0.1, 0.15) is 18.8 Å². The first-order chi connectivity index (χ1) is 22.1. The van der Waals surface area contributed by atoms with Gasteiger partial charge in [0.05, 0.1) is 24.4 Å². The molecule has 2 heterocycles. The maximum atomic E-state index is 13.8. The van der Waals surface area contributed by atoms with Crippen molar-refractivity contribution in [1.29, 1.82) is 5.26 Å². The number of piperazine rings is 1. The van der Waals surface area contributed by atoms with Gasteiger partial charge in [-0.3, -0.25) is 14.3 Å². The van der Waals surface area contributed by atoms with Gasteiger partial charge in [0.2, 0.25) is 5.91 Å². The maximum Gasteiger partial charge on any atom is 0.408 e. The molecule has 1 aliphatic heterocycles. The van der Waals surface area contributed by atoms with Crippen molar-refractivity contribution in [3.63, 3.8) is 0 Å². The predicted octanol–water partition coefficient (Wildman–Crippen LogP) is 5.65. The van der Waals surface area contributed by atoms with Gasteiger partial charge in [0, 0.05) is 43.9 Å². The summed E-state index contributed by atoms with van der Waals surface area (Å²) in [5.74, 6) is 0.388. The molecule has 4 aromatic rings. The molecule has 1 fully saturated rings. The quantitative estimate of drug-likeness (QED) is 0.226. The number of hydrogen-bond acceptors (Lipinski definition) is 5. The summed E-state index contributed by atoms with van der Waals surface area (Å²) in [7, 11) is 1.60. The normalized spacial score (nSPS) is 13.5. The molecule has 0 saturated carbocycles. The average molecular weight is 632 g/mol. The summed E-state index contributed by atoms with van der Waals surface area (Å²) in [6.45, 7) is 1.89. The van der Waals surface area contributed by atoms with Gasteiger partial charge in [0.25, 0.3) is 5.56 Å². The zero-order valence-electron chi connectivity index (χ0n) is 25.9. The first-order valence-corrected chi connectivity index (χ1v) is 15.3. The summed E-state index contributed by atoms with van der Waals surface area (Å²) < 4.78 is 48.7. The van der Waals surface area contributed by atoms with E-state index in [2.05, 4.69) is 11.0 Å². The highest BCUT2D eigenvalue weighted by molar-refractivity contribution is 5.76. The molecule has 0 bridgehead atoms. The molecule has 46 heavy (non-hydrogen) atoms. The van der Waals surface area contributed by atoms with Gasteiger partial charge in [-0.2, -0.15) is 18.4 Å². The molecule has 1 amide bonds. The van der Waals surface area contributed by atoms with E-state index in [9.17, 15) is 28.0 Å². The van der Waals surface area contributed by atoms with E-state index in [4.69, 9.17) is 4.74 Å². The van der Waals surface area contributed by atoms with Crippen LogP contribution in [-0.4, -0.2) is 59.6 Å². The number of benzene rings is 3. The predicted molar refractivity (Wildman–Crippen MR) is 170 cm³/mol. The summed E-state index contributed by atoms with van der Waals surface area (Å²) >= 11 is 0. The number of nitrogens with zero attached hydrogens (tertiary/aromatic N) is 5. The molecule has 1 aliphatic rings. The number of para-hydroxylation sites is 2. The number of nitriles is 1. The Hall–Kier alpha value is -4.98. The lowest BCUT2D eigenvalue weighted by atomic mass is 9.97. The van der Waals surface area contributed by atoms with Crippen LogP contribution in [0.4, 0.5) is 18.9 Å². The fourth-order valence-corrected chi connectivity index (χ4v) is 6.05. The highest BCUT2D eigenvalue weighted by Gasteiger charge is 2.33. The fraction of sp³-hybridized carbons (Fsp3) is 0.343. The van der Waals surface area contributed by atoms with Crippen LogP contribution in [0.3, 0.4) is 0 Å². The highest BCUT2D eigenvalue weighted by Crippen LogP contribution is 2.29. The molecule has 0 N–H and O–H groups in total. The third-order valence-electron chi connectivity index (χ3n) is 8.30. The minimum absolute atomic E-state index is 0.116. The van der Waals surface area contributed by atoms with Crippen LogP contribution < -0.4 is 15.2 Å². The van der Waals surface area contributed by atoms with Crippen molar-refractivity contribution in [1.82, 2.24) is 14.3 Å². The van der Waals surface area contributed by atoms with E-state index in [0.29, 0.717) is 55.0 Å². The molecule has 0 radical (unpaired) electrons. The second kappa shape index (κ2) is 14.0.